The predicted molar refractivity (Wildman–Crippen MR) is 107 cm³/mol. The van der Waals surface area contributed by atoms with Crippen LogP contribution >= 0.6 is 0 Å². The molecule has 2 aromatic rings. The van der Waals surface area contributed by atoms with Crippen LogP contribution in [0.4, 0.5) is 5.69 Å². The van der Waals surface area contributed by atoms with Gasteiger partial charge in [-0.1, -0.05) is 26.8 Å². The van der Waals surface area contributed by atoms with E-state index in [4.69, 9.17) is 4.74 Å². The fourth-order valence-electron chi connectivity index (χ4n) is 3.22. The lowest BCUT2D eigenvalue weighted by Crippen LogP contribution is -2.47. The highest BCUT2D eigenvalue weighted by Gasteiger charge is 2.26. The number of nitrogens with zero attached hydrogens (tertiary/aromatic N) is 3. The van der Waals surface area contributed by atoms with Gasteiger partial charge in [0.25, 0.3) is 5.91 Å². The van der Waals surface area contributed by atoms with Gasteiger partial charge in [0.15, 0.2) is 0 Å². The molecule has 1 amide bonds. The summed E-state index contributed by atoms with van der Waals surface area (Å²) in [4.78, 5) is 15.0. The molecule has 0 spiro atoms. The number of morpholine rings is 1. The van der Waals surface area contributed by atoms with Gasteiger partial charge in [0.2, 0.25) is 0 Å². The number of carbonyl (C=O) groups is 1. The van der Waals surface area contributed by atoms with E-state index in [1.54, 1.807) is 6.20 Å². The second kappa shape index (κ2) is 8.13. The smallest absolute Gasteiger partial charge is 0.254 e. The molecule has 1 aliphatic heterocycles. The summed E-state index contributed by atoms with van der Waals surface area (Å²) in [6.45, 7) is 11.9. The van der Waals surface area contributed by atoms with E-state index in [1.807, 2.05) is 47.0 Å². The lowest BCUT2D eigenvalue weighted by molar-refractivity contribution is -0.0300. The molecular formula is C21H30N4O2. The lowest BCUT2D eigenvalue weighted by atomic mass is 9.96. The third-order valence-electron chi connectivity index (χ3n) is 4.75. The van der Waals surface area contributed by atoms with Gasteiger partial charge in [0.1, 0.15) is 0 Å². The summed E-state index contributed by atoms with van der Waals surface area (Å²) in [5, 5.41) is 7.71. The summed E-state index contributed by atoms with van der Waals surface area (Å²) in [5.41, 5.74) is 2.96. The van der Waals surface area contributed by atoms with Crippen molar-refractivity contribution in [3.8, 4) is 0 Å². The maximum absolute atomic E-state index is 13.1. The molecule has 6 nitrogen and oxygen atoms in total. The van der Waals surface area contributed by atoms with Gasteiger partial charge < -0.3 is 15.0 Å². The van der Waals surface area contributed by atoms with E-state index in [1.165, 1.54) is 0 Å². The van der Waals surface area contributed by atoms with Gasteiger partial charge in [-0.25, -0.2) is 0 Å². The van der Waals surface area contributed by atoms with Crippen LogP contribution in [0, 0.1) is 12.3 Å². The number of hydrogen-bond acceptors (Lipinski definition) is 4. The van der Waals surface area contributed by atoms with Crippen molar-refractivity contribution in [2.24, 2.45) is 5.41 Å². The second-order valence-electron chi connectivity index (χ2n) is 8.36. The van der Waals surface area contributed by atoms with Crippen LogP contribution in [0.5, 0.6) is 0 Å². The molecule has 1 fully saturated rings. The third-order valence-corrected chi connectivity index (χ3v) is 4.75. The Hall–Kier alpha value is -2.34. The Bertz CT molecular complexity index is 765. The van der Waals surface area contributed by atoms with Crippen molar-refractivity contribution >= 4 is 11.6 Å². The van der Waals surface area contributed by atoms with Crippen molar-refractivity contribution in [2.45, 2.75) is 40.3 Å². The molecule has 146 valence electrons. The van der Waals surface area contributed by atoms with Crippen LogP contribution in [-0.2, 0) is 11.3 Å². The number of rotatable bonds is 5. The zero-order valence-corrected chi connectivity index (χ0v) is 16.7. The molecule has 0 saturated carbocycles. The van der Waals surface area contributed by atoms with Gasteiger partial charge in [-0.2, -0.15) is 5.10 Å². The number of ether oxygens (including phenoxy) is 1. The molecule has 27 heavy (non-hydrogen) atoms. The first-order valence-electron chi connectivity index (χ1n) is 9.55. The minimum atomic E-state index is -0.0369. The average Bonchev–Trinajstić information content (AvgIpc) is 3.13. The summed E-state index contributed by atoms with van der Waals surface area (Å²) < 4.78 is 7.68. The molecule has 0 bridgehead atoms. The first-order chi connectivity index (χ1) is 12.8. The van der Waals surface area contributed by atoms with Crippen molar-refractivity contribution in [1.82, 2.24) is 14.7 Å². The zero-order valence-electron chi connectivity index (χ0n) is 16.7. The molecule has 1 atom stereocenters. The van der Waals surface area contributed by atoms with Crippen molar-refractivity contribution < 1.29 is 9.53 Å². The SMILES string of the molecule is Cc1c(NCC(C)(C)C)cccc1C(=O)N1CCOC(Cn2cccn2)C1. The van der Waals surface area contributed by atoms with E-state index >= 15 is 0 Å². The van der Waals surface area contributed by atoms with Gasteiger partial charge in [-0.15, -0.1) is 0 Å². The molecule has 1 aliphatic rings. The first kappa shape index (κ1) is 19.4. The van der Waals surface area contributed by atoms with Crippen LogP contribution in [0.3, 0.4) is 0 Å². The van der Waals surface area contributed by atoms with E-state index < -0.39 is 0 Å². The Kier molecular flexibility index (Phi) is 5.85. The maximum atomic E-state index is 13.1. The number of benzene rings is 1. The third kappa shape index (κ3) is 5.10. The maximum Gasteiger partial charge on any atom is 0.254 e. The largest absolute Gasteiger partial charge is 0.384 e. The van der Waals surface area contributed by atoms with Crippen LogP contribution in [0.2, 0.25) is 0 Å². The molecule has 1 saturated heterocycles. The Morgan fingerprint density at radius 2 is 2.15 bits per heavy atom. The number of anilines is 1. The van der Waals surface area contributed by atoms with E-state index in [9.17, 15) is 4.79 Å². The Balaban J connectivity index is 1.69. The molecule has 0 radical (unpaired) electrons. The fraction of sp³-hybridized carbons (Fsp3) is 0.524. The quantitative estimate of drug-likeness (QED) is 0.878. The number of nitrogens with one attached hydrogen (secondary N) is 1. The molecule has 2 heterocycles. The molecule has 1 unspecified atom stereocenters. The minimum Gasteiger partial charge on any atom is -0.384 e. The van der Waals surface area contributed by atoms with Gasteiger partial charge >= 0.3 is 0 Å². The van der Waals surface area contributed by atoms with Crippen LogP contribution in [-0.4, -0.2) is 52.9 Å². The first-order valence-corrected chi connectivity index (χ1v) is 9.55. The summed E-state index contributed by atoms with van der Waals surface area (Å²) in [6, 6.07) is 7.80. The van der Waals surface area contributed by atoms with E-state index in [0.29, 0.717) is 26.2 Å². The lowest BCUT2D eigenvalue weighted by Gasteiger charge is -2.33. The molecule has 1 N–H and O–H groups in total. The van der Waals surface area contributed by atoms with E-state index in [2.05, 4.69) is 31.2 Å². The highest BCUT2D eigenvalue weighted by molar-refractivity contribution is 5.97. The van der Waals surface area contributed by atoms with Gasteiger partial charge in [0, 0.05) is 43.3 Å². The van der Waals surface area contributed by atoms with Crippen molar-refractivity contribution in [1.29, 1.82) is 0 Å². The fourth-order valence-corrected chi connectivity index (χ4v) is 3.22. The molecular weight excluding hydrogens is 340 g/mol. The predicted octanol–water partition coefficient (Wildman–Crippen LogP) is 3.19. The van der Waals surface area contributed by atoms with Gasteiger partial charge in [-0.3, -0.25) is 9.48 Å². The Morgan fingerprint density at radius 3 is 2.85 bits per heavy atom. The Labute approximate surface area is 161 Å². The zero-order chi connectivity index (χ0) is 19.4. The standard InChI is InChI=1S/C21H30N4O2/c1-16-18(7-5-8-19(16)22-15-21(2,3)4)20(26)24-11-12-27-17(13-24)14-25-10-6-9-23-25/h5-10,17,22H,11-15H2,1-4H3. The van der Waals surface area contributed by atoms with Crippen LogP contribution < -0.4 is 5.32 Å². The van der Waals surface area contributed by atoms with Gasteiger partial charge in [0.05, 0.1) is 19.3 Å². The van der Waals surface area contributed by atoms with Crippen molar-refractivity contribution in [3.63, 3.8) is 0 Å². The van der Waals surface area contributed by atoms with Crippen LogP contribution in [0.15, 0.2) is 36.7 Å². The number of carbonyl (C=O) groups excluding carboxylic acids is 1. The molecule has 6 heteroatoms. The normalized spacial score (nSPS) is 17.8. The average molecular weight is 370 g/mol. The highest BCUT2D eigenvalue weighted by Crippen LogP contribution is 2.23. The number of amides is 1. The van der Waals surface area contributed by atoms with Crippen LogP contribution in [0.1, 0.15) is 36.7 Å². The Morgan fingerprint density at radius 1 is 1.33 bits per heavy atom. The number of hydrogen-bond donors (Lipinski definition) is 1. The summed E-state index contributed by atoms with van der Waals surface area (Å²) in [5.74, 6) is 0.0701. The molecule has 1 aromatic heterocycles. The van der Waals surface area contributed by atoms with Crippen molar-refractivity contribution in [2.75, 3.05) is 31.6 Å². The van der Waals surface area contributed by atoms with E-state index in [-0.39, 0.29) is 17.4 Å². The van der Waals surface area contributed by atoms with E-state index in [0.717, 1.165) is 23.4 Å². The monoisotopic (exact) mass is 370 g/mol. The summed E-state index contributed by atoms with van der Waals surface area (Å²) in [6.07, 6.45) is 3.63. The van der Waals surface area contributed by atoms with Crippen LogP contribution in [0.25, 0.3) is 0 Å². The summed E-state index contributed by atoms with van der Waals surface area (Å²) >= 11 is 0. The molecule has 1 aromatic carbocycles. The second-order valence-corrected chi connectivity index (χ2v) is 8.36. The summed E-state index contributed by atoms with van der Waals surface area (Å²) in [7, 11) is 0. The number of aromatic nitrogens is 2. The van der Waals surface area contributed by atoms with Crippen molar-refractivity contribution in [3.05, 3.63) is 47.8 Å². The topological polar surface area (TPSA) is 59.4 Å². The molecule has 3 rings (SSSR count). The molecule has 0 aliphatic carbocycles. The minimum absolute atomic E-state index is 0.0369. The van der Waals surface area contributed by atoms with Gasteiger partial charge in [-0.05, 0) is 36.1 Å². The highest BCUT2D eigenvalue weighted by atomic mass is 16.5.